The zero-order chi connectivity index (χ0) is 19.2. The summed E-state index contributed by atoms with van der Waals surface area (Å²) in [6.45, 7) is 4.03. The molecule has 27 heavy (non-hydrogen) atoms. The molecule has 0 saturated carbocycles. The van der Waals surface area contributed by atoms with Crippen molar-refractivity contribution in [3.8, 4) is 6.07 Å². The van der Waals surface area contributed by atoms with E-state index in [0.717, 1.165) is 5.82 Å². The summed E-state index contributed by atoms with van der Waals surface area (Å²) in [5, 5.41) is 8.90. The first-order valence-corrected chi connectivity index (χ1v) is 8.80. The van der Waals surface area contributed by atoms with Crippen LogP contribution in [0.5, 0.6) is 0 Å². The van der Waals surface area contributed by atoms with Gasteiger partial charge in [0.05, 0.1) is 11.6 Å². The van der Waals surface area contributed by atoms with E-state index in [1.54, 1.807) is 35.4 Å². The van der Waals surface area contributed by atoms with Crippen molar-refractivity contribution in [2.45, 2.75) is 6.92 Å². The van der Waals surface area contributed by atoms with Gasteiger partial charge in [0.1, 0.15) is 12.4 Å². The first-order chi connectivity index (χ1) is 13.1. The van der Waals surface area contributed by atoms with Crippen molar-refractivity contribution in [2.75, 3.05) is 42.5 Å². The van der Waals surface area contributed by atoms with Crippen LogP contribution < -0.4 is 9.80 Å². The number of anilines is 2. The van der Waals surface area contributed by atoms with Crippen LogP contribution in [0.25, 0.3) is 0 Å². The highest BCUT2D eigenvalue weighted by Crippen LogP contribution is 2.17. The third-order valence-electron chi connectivity index (χ3n) is 4.59. The molecular formula is C20H21N5O2. The molecular weight excluding hydrogens is 342 g/mol. The number of aromatic nitrogens is 1. The molecule has 1 aliphatic rings. The van der Waals surface area contributed by atoms with Gasteiger partial charge in [0.25, 0.3) is 0 Å². The average Bonchev–Trinajstić information content (AvgIpc) is 2.72. The van der Waals surface area contributed by atoms with E-state index in [1.165, 1.54) is 11.8 Å². The largest absolute Gasteiger partial charge is 0.353 e. The zero-order valence-electron chi connectivity index (χ0n) is 15.2. The average molecular weight is 363 g/mol. The van der Waals surface area contributed by atoms with Crippen LogP contribution in [0.1, 0.15) is 12.5 Å². The first-order valence-electron chi connectivity index (χ1n) is 8.80. The number of nitrogens with zero attached hydrogens (tertiary/aromatic N) is 5. The molecule has 138 valence electrons. The van der Waals surface area contributed by atoms with Gasteiger partial charge in [-0.05, 0) is 36.4 Å². The lowest BCUT2D eigenvalue weighted by Gasteiger charge is -2.36. The molecule has 2 aromatic rings. The molecule has 0 atom stereocenters. The second-order valence-electron chi connectivity index (χ2n) is 6.32. The number of hydrogen-bond acceptors (Lipinski definition) is 5. The monoisotopic (exact) mass is 363 g/mol. The topological polar surface area (TPSA) is 80.5 Å². The van der Waals surface area contributed by atoms with Crippen molar-refractivity contribution < 1.29 is 9.59 Å². The summed E-state index contributed by atoms with van der Waals surface area (Å²) in [5.41, 5.74) is 1.13. The van der Waals surface area contributed by atoms with Crippen molar-refractivity contribution in [3.05, 3.63) is 54.2 Å². The Morgan fingerprint density at radius 3 is 2.37 bits per heavy atom. The molecule has 0 bridgehead atoms. The molecule has 1 saturated heterocycles. The van der Waals surface area contributed by atoms with E-state index in [-0.39, 0.29) is 18.4 Å². The first kappa shape index (κ1) is 18.4. The summed E-state index contributed by atoms with van der Waals surface area (Å²) in [4.78, 5) is 34.4. The van der Waals surface area contributed by atoms with Crippen LogP contribution in [0.3, 0.4) is 0 Å². The van der Waals surface area contributed by atoms with Crippen LogP contribution in [0.15, 0.2) is 48.7 Å². The van der Waals surface area contributed by atoms with E-state index in [1.807, 2.05) is 24.3 Å². The van der Waals surface area contributed by atoms with Gasteiger partial charge in [-0.15, -0.1) is 0 Å². The third kappa shape index (κ3) is 4.42. The quantitative estimate of drug-likeness (QED) is 0.825. The number of carbonyl (C=O) groups excluding carboxylic acids is 2. The maximum absolute atomic E-state index is 12.7. The van der Waals surface area contributed by atoms with Crippen LogP contribution >= 0.6 is 0 Å². The molecule has 3 rings (SSSR count). The van der Waals surface area contributed by atoms with Gasteiger partial charge in [-0.1, -0.05) is 6.07 Å². The van der Waals surface area contributed by atoms with E-state index in [2.05, 4.69) is 9.88 Å². The molecule has 0 N–H and O–H groups in total. The lowest BCUT2D eigenvalue weighted by Crippen LogP contribution is -2.52. The van der Waals surface area contributed by atoms with Gasteiger partial charge < -0.3 is 14.7 Å². The molecule has 1 fully saturated rings. The Kier molecular flexibility index (Phi) is 5.67. The Labute approximate surface area is 158 Å². The number of rotatable bonds is 4. The van der Waals surface area contributed by atoms with Gasteiger partial charge in [0.2, 0.25) is 11.8 Å². The summed E-state index contributed by atoms with van der Waals surface area (Å²) in [5.74, 6) is 0.614. The summed E-state index contributed by atoms with van der Waals surface area (Å²) in [7, 11) is 0. The Morgan fingerprint density at radius 1 is 1.11 bits per heavy atom. The SMILES string of the molecule is CC(=O)N(CC(=O)N1CCN(c2ccccn2)CC1)c1ccc(C#N)cc1. The molecule has 0 spiro atoms. The van der Waals surface area contributed by atoms with Crippen molar-refractivity contribution >= 4 is 23.3 Å². The van der Waals surface area contributed by atoms with Crippen LogP contribution in [-0.4, -0.2) is 54.4 Å². The van der Waals surface area contributed by atoms with Crippen molar-refractivity contribution in [2.24, 2.45) is 0 Å². The van der Waals surface area contributed by atoms with Crippen LogP contribution in [0.2, 0.25) is 0 Å². The number of nitriles is 1. The van der Waals surface area contributed by atoms with E-state index in [4.69, 9.17) is 5.26 Å². The van der Waals surface area contributed by atoms with Gasteiger partial charge in [0, 0.05) is 45.0 Å². The van der Waals surface area contributed by atoms with E-state index >= 15 is 0 Å². The van der Waals surface area contributed by atoms with Gasteiger partial charge in [0.15, 0.2) is 0 Å². The highest BCUT2D eigenvalue weighted by molar-refractivity contribution is 5.97. The molecule has 2 amide bonds. The summed E-state index contributed by atoms with van der Waals surface area (Å²) < 4.78 is 0. The predicted octanol–water partition coefficient (Wildman–Crippen LogP) is 1.65. The number of carbonyl (C=O) groups is 2. The lowest BCUT2D eigenvalue weighted by atomic mass is 10.2. The minimum absolute atomic E-state index is 0.00911. The third-order valence-corrected chi connectivity index (χ3v) is 4.59. The Balaban J connectivity index is 1.61. The lowest BCUT2D eigenvalue weighted by molar-refractivity contribution is -0.131. The number of hydrogen-bond donors (Lipinski definition) is 0. The van der Waals surface area contributed by atoms with Gasteiger partial charge >= 0.3 is 0 Å². The van der Waals surface area contributed by atoms with Crippen LogP contribution in [-0.2, 0) is 9.59 Å². The fourth-order valence-electron chi connectivity index (χ4n) is 3.06. The molecule has 2 heterocycles. The Hall–Kier alpha value is -3.40. The standard InChI is InChI=1S/C20H21N5O2/c1-16(26)25(18-7-5-17(14-21)6-8-18)15-20(27)24-12-10-23(11-13-24)19-4-2-3-9-22-19/h2-9H,10-13,15H2,1H3. The summed E-state index contributed by atoms with van der Waals surface area (Å²) >= 11 is 0. The molecule has 1 aromatic carbocycles. The molecule has 7 nitrogen and oxygen atoms in total. The highest BCUT2D eigenvalue weighted by atomic mass is 16.2. The smallest absolute Gasteiger partial charge is 0.242 e. The fourth-order valence-corrected chi connectivity index (χ4v) is 3.06. The second-order valence-corrected chi connectivity index (χ2v) is 6.32. The van der Waals surface area contributed by atoms with Crippen molar-refractivity contribution in [1.29, 1.82) is 5.26 Å². The summed E-state index contributed by atoms with van der Waals surface area (Å²) in [6.07, 6.45) is 1.76. The maximum Gasteiger partial charge on any atom is 0.242 e. The predicted molar refractivity (Wildman–Crippen MR) is 102 cm³/mol. The molecule has 0 radical (unpaired) electrons. The van der Waals surface area contributed by atoms with Crippen molar-refractivity contribution in [1.82, 2.24) is 9.88 Å². The fraction of sp³-hybridized carbons (Fsp3) is 0.300. The van der Waals surface area contributed by atoms with E-state index < -0.39 is 0 Å². The molecule has 1 aromatic heterocycles. The second kappa shape index (κ2) is 8.32. The van der Waals surface area contributed by atoms with Crippen LogP contribution in [0, 0.1) is 11.3 Å². The number of piperazine rings is 1. The minimum atomic E-state index is -0.208. The molecule has 1 aliphatic heterocycles. The highest BCUT2D eigenvalue weighted by Gasteiger charge is 2.24. The summed E-state index contributed by atoms with van der Waals surface area (Å²) in [6, 6.07) is 14.5. The van der Waals surface area contributed by atoms with Crippen molar-refractivity contribution in [3.63, 3.8) is 0 Å². The Bertz CT molecular complexity index is 837. The number of pyridine rings is 1. The van der Waals surface area contributed by atoms with Gasteiger partial charge in [-0.2, -0.15) is 5.26 Å². The van der Waals surface area contributed by atoms with Crippen LogP contribution in [0.4, 0.5) is 11.5 Å². The molecule has 0 aliphatic carbocycles. The molecule has 7 heteroatoms. The maximum atomic E-state index is 12.7. The number of amides is 2. The minimum Gasteiger partial charge on any atom is -0.353 e. The zero-order valence-corrected chi connectivity index (χ0v) is 15.2. The van der Waals surface area contributed by atoms with E-state index in [9.17, 15) is 9.59 Å². The molecule has 0 unspecified atom stereocenters. The van der Waals surface area contributed by atoms with Gasteiger partial charge in [-0.3, -0.25) is 9.59 Å². The van der Waals surface area contributed by atoms with E-state index in [0.29, 0.717) is 37.4 Å². The Morgan fingerprint density at radius 2 is 1.81 bits per heavy atom. The van der Waals surface area contributed by atoms with Gasteiger partial charge in [-0.25, -0.2) is 4.98 Å². The normalized spacial score (nSPS) is 13.8. The number of benzene rings is 1.